The Kier molecular flexibility index (Phi) is 4.04. The zero-order valence-electron chi connectivity index (χ0n) is 12.5. The summed E-state index contributed by atoms with van der Waals surface area (Å²) in [6.07, 6.45) is 6.27. The predicted molar refractivity (Wildman–Crippen MR) is 80.6 cm³/mol. The number of carbonyl (C=O) groups excluding carboxylic acids is 1. The molecule has 0 spiro atoms. The minimum absolute atomic E-state index is 0.0339. The van der Waals surface area contributed by atoms with Gasteiger partial charge in [-0.25, -0.2) is 0 Å². The summed E-state index contributed by atoms with van der Waals surface area (Å²) < 4.78 is 5.15. The number of rotatable bonds is 2. The fraction of sp³-hybridized carbons (Fsp3) is 0.588. The van der Waals surface area contributed by atoms with Gasteiger partial charge in [0.1, 0.15) is 11.5 Å². The van der Waals surface area contributed by atoms with Gasteiger partial charge in [0.25, 0.3) is 5.91 Å². The molecule has 2 fully saturated rings. The molecule has 0 aromatic heterocycles. The first-order valence-corrected chi connectivity index (χ1v) is 7.85. The van der Waals surface area contributed by atoms with Crippen molar-refractivity contribution in [2.45, 2.75) is 32.1 Å². The fourth-order valence-corrected chi connectivity index (χ4v) is 3.77. The van der Waals surface area contributed by atoms with Gasteiger partial charge in [-0.05, 0) is 42.9 Å². The molecule has 2 aliphatic rings. The number of phenols is 1. The normalized spacial score (nSPS) is 25.3. The highest BCUT2D eigenvalue weighted by Crippen LogP contribution is 2.37. The zero-order valence-corrected chi connectivity index (χ0v) is 12.5. The number of likely N-dealkylation sites (tertiary alicyclic amines) is 1. The maximum atomic E-state index is 12.7. The lowest BCUT2D eigenvalue weighted by Gasteiger charge is -2.41. The lowest BCUT2D eigenvalue weighted by molar-refractivity contribution is 0.0518. The number of ether oxygens (including phenoxy) is 1. The summed E-state index contributed by atoms with van der Waals surface area (Å²) in [7, 11) is 1.56. The van der Waals surface area contributed by atoms with E-state index in [-0.39, 0.29) is 11.7 Å². The number of piperidine rings is 1. The second-order valence-corrected chi connectivity index (χ2v) is 6.23. The third kappa shape index (κ3) is 2.85. The molecule has 0 bridgehead atoms. The summed E-state index contributed by atoms with van der Waals surface area (Å²) in [4.78, 5) is 14.6. The molecule has 21 heavy (non-hydrogen) atoms. The van der Waals surface area contributed by atoms with Gasteiger partial charge in [0.2, 0.25) is 0 Å². The van der Waals surface area contributed by atoms with Crippen molar-refractivity contribution in [1.29, 1.82) is 0 Å². The average Bonchev–Trinajstić information content (AvgIpc) is 2.54. The maximum Gasteiger partial charge on any atom is 0.257 e. The number of amides is 1. The number of nitrogens with zero attached hydrogens (tertiary/aromatic N) is 1. The molecule has 1 aliphatic carbocycles. The van der Waals surface area contributed by atoms with Crippen LogP contribution in [0.1, 0.15) is 42.5 Å². The van der Waals surface area contributed by atoms with Crippen LogP contribution in [0.3, 0.4) is 0 Å². The van der Waals surface area contributed by atoms with Crippen LogP contribution in [0.5, 0.6) is 11.5 Å². The molecule has 1 saturated carbocycles. The lowest BCUT2D eigenvalue weighted by Crippen LogP contribution is -2.44. The average molecular weight is 289 g/mol. The summed E-state index contributed by atoms with van der Waals surface area (Å²) in [5.41, 5.74) is 0.351. The molecule has 0 radical (unpaired) electrons. The van der Waals surface area contributed by atoms with E-state index in [2.05, 4.69) is 0 Å². The molecule has 1 aromatic rings. The number of carbonyl (C=O) groups is 1. The minimum Gasteiger partial charge on any atom is -0.507 e. The molecule has 1 aliphatic heterocycles. The van der Waals surface area contributed by atoms with Crippen LogP contribution in [0.25, 0.3) is 0 Å². The van der Waals surface area contributed by atoms with Crippen molar-refractivity contribution < 1.29 is 14.6 Å². The Morgan fingerprint density at radius 3 is 2.76 bits per heavy atom. The van der Waals surface area contributed by atoms with Crippen molar-refractivity contribution in [1.82, 2.24) is 4.90 Å². The number of phenolic OH excluding ortho intramolecular Hbond substituents is 1. The summed E-state index contributed by atoms with van der Waals surface area (Å²) in [6, 6.07) is 4.82. The first-order chi connectivity index (χ1) is 10.2. The van der Waals surface area contributed by atoms with Gasteiger partial charge >= 0.3 is 0 Å². The van der Waals surface area contributed by atoms with Gasteiger partial charge in [-0.1, -0.05) is 19.3 Å². The second-order valence-electron chi connectivity index (χ2n) is 6.23. The Balaban J connectivity index is 1.76. The summed E-state index contributed by atoms with van der Waals surface area (Å²) in [5.74, 6) is 2.00. The topological polar surface area (TPSA) is 49.8 Å². The highest BCUT2D eigenvalue weighted by Gasteiger charge is 2.33. The van der Waals surface area contributed by atoms with Gasteiger partial charge < -0.3 is 14.7 Å². The molecular formula is C17H23NO3. The van der Waals surface area contributed by atoms with E-state index < -0.39 is 0 Å². The molecule has 3 rings (SSSR count). The smallest absolute Gasteiger partial charge is 0.257 e. The molecule has 2 unspecified atom stereocenters. The van der Waals surface area contributed by atoms with E-state index in [0.717, 1.165) is 25.4 Å². The minimum atomic E-state index is -0.0737. The van der Waals surface area contributed by atoms with Crippen LogP contribution in [0, 0.1) is 11.8 Å². The standard InChI is InChI=1S/C17H23NO3/c1-21-14-6-7-16(19)15(10-14)17(20)18-9-8-12-4-2-3-5-13(12)11-18/h6-7,10,12-13,19H,2-5,8-9,11H2,1H3. The van der Waals surface area contributed by atoms with Crippen LogP contribution in [0.2, 0.25) is 0 Å². The molecule has 1 heterocycles. The lowest BCUT2D eigenvalue weighted by atomic mass is 9.75. The molecule has 1 amide bonds. The number of fused-ring (bicyclic) bond motifs is 1. The van der Waals surface area contributed by atoms with Crippen molar-refractivity contribution in [3.63, 3.8) is 0 Å². The third-order valence-electron chi connectivity index (χ3n) is 5.01. The van der Waals surface area contributed by atoms with Gasteiger partial charge in [-0.2, -0.15) is 0 Å². The molecule has 4 nitrogen and oxygen atoms in total. The highest BCUT2D eigenvalue weighted by molar-refractivity contribution is 5.97. The number of hydrogen-bond donors (Lipinski definition) is 1. The van der Waals surface area contributed by atoms with Crippen LogP contribution >= 0.6 is 0 Å². The van der Waals surface area contributed by atoms with Gasteiger partial charge in [0, 0.05) is 13.1 Å². The van der Waals surface area contributed by atoms with Crippen molar-refractivity contribution in [3.05, 3.63) is 23.8 Å². The molecule has 2 atom stereocenters. The van der Waals surface area contributed by atoms with E-state index in [4.69, 9.17) is 4.74 Å². The van der Waals surface area contributed by atoms with Crippen LogP contribution in [-0.2, 0) is 0 Å². The Morgan fingerprint density at radius 2 is 2.00 bits per heavy atom. The summed E-state index contributed by atoms with van der Waals surface area (Å²) >= 11 is 0. The van der Waals surface area contributed by atoms with E-state index in [1.807, 2.05) is 4.90 Å². The van der Waals surface area contributed by atoms with E-state index in [1.54, 1.807) is 19.2 Å². The predicted octanol–water partition coefficient (Wildman–Crippen LogP) is 3.05. The quantitative estimate of drug-likeness (QED) is 0.910. The number of hydrogen-bond acceptors (Lipinski definition) is 3. The second kappa shape index (κ2) is 5.96. The zero-order chi connectivity index (χ0) is 14.8. The molecular weight excluding hydrogens is 266 g/mol. The number of methoxy groups -OCH3 is 1. The molecule has 114 valence electrons. The summed E-state index contributed by atoms with van der Waals surface area (Å²) in [6.45, 7) is 1.64. The van der Waals surface area contributed by atoms with Crippen LogP contribution < -0.4 is 4.74 Å². The number of aromatic hydroxyl groups is 1. The maximum absolute atomic E-state index is 12.7. The van der Waals surface area contributed by atoms with Crippen LogP contribution in [-0.4, -0.2) is 36.1 Å². The van der Waals surface area contributed by atoms with Crippen LogP contribution in [0.15, 0.2) is 18.2 Å². The Labute approximate surface area is 125 Å². The van der Waals surface area contributed by atoms with Gasteiger partial charge in [0.05, 0.1) is 12.7 Å². The number of benzene rings is 1. The molecule has 1 N–H and O–H groups in total. The van der Waals surface area contributed by atoms with E-state index in [1.165, 1.54) is 31.7 Å². The monoisotopic (exact) mass is 289 g/mol. The van der Waals surface area contributed by atoms with Crippen molar-refractivity contribution in [2.24, 2.45) is 11.8 Å². The molecule has 1 aromatic carbocycles. The van der Waals surface area contributed by atoms with Gasteiger partial charge in [0.15, 0.2) is 0 Å². The largest absolute Gasteiger partial charge is 0.507 e. The first kappa shape index (κ1) is 14.2. The molecule has 4 heteroatoms. The van der Waals surface area contributed by atoms with Gasteiger partial charge in [-0.3, -0.25) is 4.79 Å². The summed E-state index contributed by atoms with van der Waals surface area (Å²) in [5, 5.41) is 9.96. The van der Waals surface area contributed by atoms with Crippen molar-refractivity contribution in [2.75, 3.05) is 20.2 Å². The SMILES string of the molecule is COc1ccc(O)c(C(=O)N2CCC3CCCCC3C2)c1. The van der Waals surface area contributed by atoms with Crippen LogP contribution in [0.4, 0.5) is 0 Å². The molecule has 1 saturated heterocycles. The Hall–Kier alpha value is -1.71. The third-order valence-corrected chi connectivity index (χ3v) is 5.01. The Morgan fingerprint density at radius 1 is 1.24 bits per heavy atom. The fourth-order valence-electron chi connectivity index (χ4n) is 3.77. The first-order valence-electron chi connectivity index (χ1n) is 7.85. The highest BCUT2D eigenvalue weighted by atomic mass is 16.5. The Bertz CT molecular complexity index is 529. The van der Waals surface area contributed by atoms with Crippen molar-refractivity contribution in [3.8, 4) is 11.5 Å². The van der Waals surface area contributed by atoms with E-state index in [0.29, 0.717) is 17.2 Å². The van der Waals surface area contributed by atoms with Gasteiger partial charge in [-0.15, -0.1) is 0 Å². The van der Waals surface area contributed by atoms with Crippen molar-refractivity contribution >= 4 is 5.91 Å². The van der Waals surface area contributed by atoms with E-state index >= 15 is 0 Å². The van der Waals surface area contributed by atoms with E-state index in [9.17, 15) is 9.90 Å².